The number of nitrogens with one attached hydrogen (secondary N) is 1. The van der Waals surface area contributed by atoms with E-state index in [1.807, 2.05) is 0 Å². The standard InChI is InChI=1S/C16H24N2/c1-13-10-18(11-14-6-4-3-5-7-14)16(2,12-17-13)15-8-9-15/h3-7,13,15,17H,8-12H2,1-2H3. The van der Waals surface area contributed by atoms with Crippen molar-refractivity contribution in [2.45, 2.75) is 44.8 Å². The van der Waals surface area contributed by atoms with Crippen LogP contribution in [0.15, 0.2) is 30.3 Å². The fourth-order valence-electron chi connectivity index (χ4n) is 3.25. The van der Waals surface area contributed by atoms with Gasteiger partial charge in [-0.1, -0.05) is 30.3 Å². The molecule has 1 aromatic carbocycles. The molecule has 0 radical (unpaired) electrons. The van der Waals surface area contributed by atoms with Crippen molar-refractivity contribution < 1.29 is 0 Å². The third-order valence-electron chi connectivity index (χ3n) is 4.70. The van der Waals surface area contributed by atoms with Crippen LogP contribution in [0.4, 0.5) is 0 Å². The fourth-order valence-corrected chi connectivity index (χ4v) is 3.25. The minimum atomic E-state index is 0.363. The van der Waals surface area contributed by atoms with E-state index in [9.17, 15) is 0 Å². The predicted octanol–water partition coefficient (Wildman–Crippen LogP) is 2.65. The van der Waals surface area contributed by atoms with E-state index in [-0.39, 0.29) is 0 Å². The number of hydrogen-bond acceptors (Lipinski definition) is 2. The molecule has 1 N–H and O–H groups in total. The Morgan fingerprint density at radius 1 is 1.28 bits per heavy atom. The SMILES string of the molecule is CC1CN(Cc2ccccc2)C(C)(C2CC2)CN1. The molecule has 1 aliphatic carbocycles. The Bertz CT molecular complexity index is 399. The highest BCUT2D eigenvalue weighted by molar-refractivity contribution is 5.16. The molecule has 2 heteroatoms. The van der Waals surface area contributed by atoms with Crippen molar-refractivity contribution in [1.29, 1.82) is 0 Å². The van der Waals surface area contributed by atoms with Gasteiger partial charge >= 0.3 is 0 Å². The Balaban J connectivity index is 1.77. The van der Waals surface area contributed by atoms with Crippen LogP contribution >= 0.6 is 0 Å². The van der Waals surface area contributed by atoms with Crippen LogP contribution in [0.25, 0.3) is 0 Å². The molecule has 1 aliphatic heterocycles. The third-order valence-corrected chi connectivity index (χ3v) is 4.70. The maximum absolute atomic E-state index is 3.67. The zero-order chi connectivity index (χ0) is 12.6. The molecule has 3 rings (SSSR count). The van der Waals surface area contributed by atoms with Crippen molar-refractivity contribution in [3.05, 3.63) is 35.9 Å². The quantitative estimate of drug-likeness (QED) is 0.879. The van der Waals surface area contributed by atoms with Crippen LogP contribution in [0.5, 0.6) is 0 Å². The van der Waals surface area contributed by atoms with E-state index in [0.717, 1.165) is 19.0 Å². The summed E-state index contributed by atoms with van der Waals surface area (Å²) in [4.78, 5) is 2.71. The summed E-state index contributed by atoms with van der Waals surface area (Å²) in [6.45, 7) is 8.16. The van der Waals surface area contributed by atoms with E-state index >= 15 is 0 Å². The highest BCUT2D eigenvalue weighted by Gasteiger charge is 2.47. The lowest BCUT2D eigenvalue weighted by molar-refractivity contribution is 0.0312. The molecule has 98 valence electrons. The molecular weight excluding hydrogens is 220 g/mol. The Morgan fingerprint density at radius 3 is 2.67 bits per heavy atom. The molecular formula is C16H24N2. The van der Waals surface area contributed by atoms with Crippen LogP contribution in [0.2, 0.25) is 0 Å². The number of hydrogen-bond donors (Lipinski definition) is 1. The van der Waals surface area contributed by atoms with Gasteiger partial charge in [0.05, 0.1) is 0 Å². The molecule has 0 aromatic heterocycles. The van der Waals surface area contributed by atoms with Gasteiger partial charge in [-0.05, 0) is 38.2 Å². The first-order chi connectivity index (χ1) is 8.68. The molecule has 2 aliphatic rings. The summed E-state index contributed by atoms with van der Waals surface area (Å²) < 4.78 is 0. The topological polar surface area (TPSA) is 15.3 Å². The average molecular weight is 244 g/mol. The van der Waals surface area contributed by atoms with Crippen LogP contribution in [0.3, 0.4) is 0 Å². The fraction of sp³-hybridized carbons (Fsp3) is 0.625. The Labute approximate surface area is 110 Å². The molecule has 18 heavy (non-hydrogen) atoms. The van der Waals surface area contributed by atoms with Crippen LogP contribution in [0.1, 0.15) is 32.3 Å². The normalized spacial score (nSPS) is 33.6. The van der Waals surface area contributed by atoms with Crippen molar-refractivity contribution in [3.8, 4) is 0 Å². The zero-order valence-corrected chi connectivity index (χ0v) is 11.5. The Kier molecular flexibility index (Phi) is 3.16. The summed E-state index contributed by atoms with van der Waals surface area (Å²) in [6, 6.07) is 11.5. The first-order valence-electron chi connectivity index (χ1n) is 7.21. The molecule has 2 unspecified atom stereocenters. The smallest absolute Gasteiger partial charge is 0.0338 e. The summed E-state index contributed by atoms with van der Waals surface area (Å²) in [5.74, 6) is 0.904. The van der Waals surface area contributed by atoms with Gasteiger partial charge < -0.3 is 5.32 Å². The second-order valence-electron chi connectivity index (χ2n) is 6.28. The lowest BCUT2D eigenvalue weighted by Gasteiger charge is -2.48. The largest absolute Gasteiger partial charge is 0.311 e. The van der Waals surface area contributed by atoms with E-state index in [1.54, 1.807) is 0 Å². The maximum atomic E-state index is 3.67. The molecule has 1 saturated heterocycles. The van der Waals surface area contributed by atoms with Crippen molar-refractivity contribution in [1.82, 2.24) is 10.2 Å². The lowest BCUT2D eigenvalue weighted by atomic mass is 9.89. The third kappa shape index (κ3) is 2.32. The van der Waals surface area contributed by atoms with E-state index in [1.165, 1.54) is 24.9 Å². The van der Waals surface area contributed by atoms with E-state index in [2.05, 4.69) is 54.4 Å². The molecule has 2 atom stereocenters. The molecule has 0 spiro atoms. The summed E-state index contributed by atoms with van der Waals surface area (Å²) >= 11 is 0. The summed E-state index contributed by atoms with van der Waals surface area (Å²) in [5, 5.41) is 3.67. The molecule has 1 aromatic rings. The molecule has 0 amide bonds. The molecule has 0 bridgehead atoms. The van der Waals surface area contributed by atoms with Crippen LogP contribution in [-0.4, -0.2) is 29.6 Å². The minimum absolute atomic E-state index is 0.363. The van der Waals surface area contributed by atoms with Gasteiger partial charge in [0.2, 0.25) is 0 Å². The summed E-state index contributed by atoms with van der Waals surface area (Å²) in [5.41, 5.74) is 1.81. The second kappa shape index (κ2) is 4.67. The van der Waals surface area contributed by atoms with Crippen molar-refractivity contribution in [2.24, 2.45) is 5.92 Å². The van der Waals surface area contributed by atoms with Crippen LogP contribution in [0, 0.1) is 5.92 Å². The minimum Gasteiger partial charge on any atom is -0.311 e. The summed E-state index contributed by atoms with van der Waals surface area (Å²) in [6.07, 6.45) is 2.83. The lowest BCUT2D eigenvalue weighted by Crippen LogP contribution is -2.63. The van der Waals surface area contributed by atoms with Gasteiger partial charge in [0.25, 0.3) is 0 Å². The average Bonchev–Trinajstić information content (AvgIpc) is 3.20. The monoisotopic (exact) mass is 244 g/mol. The first-order valence-corrected chi connectivity index (χ1v) is 7.21. The van der Waals surface area contributed by atoms with Gasteiger partial charge in [0, 0.05) is 31.2 Å². The van der Waals surface area contributed by atoms with Crippen molar-refractivity contribution >= 4 is 0 Å². The maximum Gasteiger partial charge on any atom is 0.0338 e. The molecule has 2 fully saturated rings. The number of benzene rings is 1. The Morgan fingerprint density at radius 2 is 2.00 bits per heavy atom. The predicted molar refractivity (Wildman–Crippen MR) is 75.4 cm³/mol. The van der Waals surface area contributed by atoms with Gasteiger partial charge in [-0.25, -0.2) is 0 Å². The van der Waals surface area contributed by atoms with Crippen molar-refractivity contribution in [2.75, 3.05) is 13.1 Å². The molecule has 1 saturated carbocycles. The van der Waals surface area contributed by atoms with E-state index in [0.29, 0.717) is 11.6 Å². The zero-order valence-electron chi connectivity index (χ0n) is 11.5. The second-order valence-corrected chi connectivity index (χ2v) is 6.28. The summed E-state index contributed by atoms with van der Waals surface area (Å²) in [7, 11) is 0. The van der Waals surface area contributed by atoms with Gasteiger partial charge in [-0.2, -0.15) is 0 Å². The number of piperazine rings is 1. The van der Waals surface area contributed by atoms with Gasteiger partial charge in [0.1, 0.15) is 0 Å². The molecule has 1 heterocycles. The Hall–Kier alpha value is -0.860. The van der Waals surface area contributed by atoms with Crippen LogP contribution in [-0.2, 0) is 6.54 Å². The van der Waals surface area contributed by atoms with Gasteiger partial charge in [0.15, 0.2) is 0 Å². The number of rotatable bonds is 3. The van der Waals surface area contributed by atoms with E-state index in [4.69, 9.17) is 0 Å². The number of nitrogens with zero attached hydrogens (tertiary/aromatic N) is 1. The highest BCUT2D eigenvalue weighted by Crippen LogP contribution is 2.44. The van der Waals surface area contributed by atoms with Gasteiger partial charge in [-0.3, -0.25) is 4.90 Å². The first kappa shape index (κ1) is 12.2. The highest BCUT2D eigenvalue weighted by atomic mass is 15.3. The van der Waals surface area contributed by atoms with E-state index < -0.39 is 0 Å². The van der Waals surface area contributed by atoms with Crippen molar-refractivity contribution in [3.63, 3.8) is 0 Å². The molecule has 2 nitrogen and oxygen atoms in total. The van der Waals surface area contributed by atoms with Crippen LogP contribution < -0.4 is 5.32 Å². The van der Waals surface area contributed by atoms with Gasteiger partial charge in [-0.15, -0.1) is 0 Å².